The molecule has 3 N–H and O–H groups in total. The van der Waals surface area contributed by atoms with Crippen LogP contribution in [0.15, 0.2) is 17.1 Å². The highest BCUT2D eigenvalue weighted by Gasteiger charge is 2.59. The molecule has 1 fully saturated rings. The first-order valence-corrected chi connectivity index (χ1v) is 6.07. The van der Waals surface area contributed by atoms with Gasteiger partial charge in [0.15, 0.2) is 6.10 Å². The second-order valence-electron chi connectivity index (χ2n) is 4.36. The molecule has 20 heavy (non-hydrogen) atoms. The van der Waals surface area contributed by atoms with Gasteiger partial charge in [0.1, 0.15) is 11.9 Å². The van der Waals surface area contributed by atoms with E-state index in [2.05, 4.69) is 10.3 Å². The van der Waals surface area contributed by atoms with Gasteiger partial charge in [0.2, 0.25) is 6.23 Å². The number of ether oxygens (including phenoxy) is 1. The number of aromatic nitrogens is 2. The molecular weight excluding hydrogens is 276 g/mol. The van der Waals surface area contributed by atoms with Crippen molar-refractivity contribution in [3.8, 4) is 0 Å². The van der Waals surface area contributed by atoms with Crippen LogP contribution < -0.4 is 11.0 Å². The van der Waals surface area contributed by atoms with Crippen LogP contribution in [0.5, 0.6) is 0 Å². The Bertz CT molecular complexity index is 537. The molecule has 1 aromatic heterocycles. The smallest absolute Gasteiger partial charge is 0.351 e. The summed E-state index contributed by atoms with van der Waals surface area (Å²) in [7, 11) is 0. The van der Waals surface area contributed by atoms with Gasteiger partial charge in [0.05, 0.1) is 6.61 Å². The monoisotopic (exact) mass is 291 g/mol. The Kier molecular flexibility index (Phi) is 4.02. The van der Waals surface area contributed by atoms with E-state index in [4.69, 9.17) is 9.84 Å². The summed E-state index contributed by atoms with van der Waals surface area (Å²) in [6.07, 6.45) is -4.52. The lowest BCUT2D eigenvalue weighted by molar-refractivity contribution is -0.140. The first-order chi connectivity index (χ1) is 9.41. The average molecular weight is 291 g/mol. The molecule has 2 heterocycles. The second-order valence-corrected chi connectivity index (χ2v) is 4.36. The maximum absolute atomic E-state index is 13.9. The molecule has 0 aliphatic carbocycles. The molecule has 1 aliphatic heterocycles. The molecule has 0 aromatic carbocycles. The third-order valence-corrected chi connectivity index (χ3v) is 3.00. The highest BCUT2D eigenvalue weighted by Crippen LogP contribution is 2.41. The van der Waals surface area contributed by atoms with E-state index in [1.165, 1.54) is 6.07 Å². The van der Waals surface area contributed by atoms with E-state index in [9.17, 15) is 18.7 Å². The van der Waals surface area contributed by atoms with E-state index < -0.39 is 36.7 Å². The second kappa shape index (κ2) is 5.43. The van der Waals surface area contributed by atoms with Gasteiger partial charge in [0, 0.05) is 12.7 Å². The molecule has 2 rings (SSSR count). The maximum Gasteiger partial charge on any atom is 0.351 e. The highest BCUT2D eigenvalue weighted by atomic mass is 19.3. The average Bonchev–Trinajstić information content (AvgIpc) is 2.62. The minimum Gasteiger partial charge on any atom is -0.394 e. The summed E-state index contributed by atoms with van der Waals surface area (Å²) < 4.78 is 33.2. The van der Waals surface area contributed by atoms with E-state index in [1.807, 2.05) is 0 Å². The molecule has 0 spiro atoms. The Morgan fingerprint density at radius 3 is 2.80 bits per heavy atom. The number of nitrogens with one attached hydrogen (secondary N) is 1. The van der Waals surface area contributed by atoms with Crippen molar-refractivity contribution in [1.29, 1.82) is 0 Å². The van der Waals surface area contributed by atoms with Crippen LogP contribution in [-0.2, 0) is 4.74 Å². The number of aliphatic hydroxyl groups is 2. The fraction of sp³-hybridized carbons (Fsp3) is 0.636. The SMILES string of the molecule is CCNc1ccn([C@@H]2O[C@H](CO)[C@@H](O)C2(F)F)c(=O)n1. The van der Waals surface area contributed by atoms with Crippen molar-refractivity contribution in [2.45, 2.75) is 31.3 Å². The minimum atomic E-state index is -3.70. The van der Waals surface area contributed by atoms with Crippen molar-refractivity contribution in [3.05, 3.63) is 22.7 Å². The van der Waals surface area contributed by atoms with Crippen molar-refractivity contribution in [2.24, 2.45) is 0 Å². The summed E-state index contributed by atoms with van der Waals surface area (Å²) in [6.45, 7) is 1.55. The fourth-order valence-corrected chi connectivity index (χ4v) is 1.99. The molecule has 9 heteroatoms. The van der Waals surface area contributed by atoms with E-state index >= 15 is 0 Å². The maximum atomic E-state index is 13.9. The summed E-state index contributed by atoms with van der Waals surface area (Å²) in [5, 5.41) is 21.1. The topological polar surface area (TPSA) is 96.6 Å². The van der Waals surface area contributed by atoms with Crippen LogP contribution in [0.25, 0.3) is 0 Å². The molecule has 3 atom stereocenters. The van der Waals surface area contributed by atoms with Gasteiger partial charge in [-0.25, -0.2) is 4.79 Å². The largest absolute Gasteiger partial charge is 0.394 e. The van der Waals surface area contributed by atoms with Gasteiger partial charge in [-0.2, -0.15) is 13.8 Å². The summed E-state index contributed by atoms with van der Waals surface area (Å²) in [5.41, 5.74) is -0.932. The van der Waals surface area contributed by atoms with Crippen molar-refractivity contribution < 1.29 is 23.7 Å². The number of anilines is 1. The zero-order valence-electron chi connectivity index (χ0n) is 10.7. The molecule has 0 saturated carbocycles. The molecule has 7 nitrogen and oxygen atoms in total. The lowest BCUT2D eigenvalue weighted by Gasteiger charge is -2.21. The standard InChI is InChI=1S/C11H15F2N3O4/c1-2-14-7-3-4-16(10(19)15-7)9-11(12,13)8(18)6(5-17)20-9/h3-4,6,8-9,17-18H,2,5H2,1H3,(H,14,15,19)/t6-,8-,9-/m1/s1. The Labute approximate surface area is 112 Å². The zero-order valence-corrected chi connectivity index (χ0v) is 10.7. The normalized spacial score (nSPS) is 28.6. The number of halogens is 2. The quantitative estimate of drug-likeness (QED) is 0.696. The Hall–Kier alpha value is -1.58. The van der Waals surface area contributed by atoms with Crippen LogP contribution in [0, 0.1) is 0 Å². The molecular formula is C11H15F2N3O4. The Balaban J connectivity index is 2.34. The molecule has 112 valence electrons. The summed E-state index contributed by atoms with van der Waals surface area (Å²) >= 11 is 0. The van der Waals surface area contributed by atoms with Gasteiger partial charge in [-0.1, -0.05) is 0 Å². The van der Waals surface area contributed by atoms with Crippen LogP contribution in [0.2, 0.25) is 0 Å². The minimum absolute atomic E-state index is 0.259. The Morgan fingerprint density at radius 2 is 2.30 bits per heavy atom. The van der Waals surface area contributed by atoms with Crippen molar-refractivity contribution in [1.82, 2.24) is 9.55 Å². The molecule has 1 aliphatic rings. The summed E-state index contributed by atoms with van der Waals surface area (Å²) in [4.78, 5) is 15.3. The highest BCUT2D eigenvalue weighted by molar-refractivity contribution is 5.31. The number of nitrogens with zero attached hydrogens (tertiary/aromatic N) is 2. The van der Waals surface area contributed by atoms with Crippen LogP contribution >= 0.6 is 0 Å². The third-order valence-electron chi connectivity index (χ3n) is 3.00. The van der Waals surface area contributed by atoms with E-state index in [1.54, 1.807) is 6.92 Å². The van der Waals surface area contributed by atoms with E-state index in [-0.39, 0.29) is 5.82 Å². The lowest BCUT2D eigenvalue weighted by atomic mass is 10.1. The first kappa shape index (κ1) is 14.8. The summed E-state index contributed by atoms with van der Waals surface area (Å²) in [5.74, 6) is -3.44. The third kappa shape index (κ3) is 2.39. The molecule has 0 unspecified atom stereocenters. The molecule has 1 aromatic rings. The van der Waals surface area contributed by atoms with Crippen molar-refractivity contribution in [2.75, 3.05) is 18.5 Å². The molecule has 1 saturated heterocycles. The summed E-state index contributed by atoms with van der Waals surface area (Å²) in [6, 6.07) is 1.35. The van der Waals surface area contributed by atoms with Gasteiger partial charge in [0.25, 0.3) is 0 Å². The van der Waals surface area contributed by atoms with Gasteiger partial charge < -0.3 is 20.3 Å². The van der Waals surface area contributed by atoms with E-state index in [0.29, 0.717) is 11.1 Å². The molecule has 0 radical (unpaired) electrons. The van der Waals surface area contributed by atoms with Gasteiger partial charge in [-0.15, -0.1) is 0 Å². The Morgan fingerprint density at radius 1 is 1.60 bits per heavy atom. The fourth-order valence-electron chi connectivity index (χ4n) is 1.99. The van der Waals surface area contributed by atoms with Crippen molar-refractivity contribution in [3.63, 3.8) is 0 Å². The van der Waals surface area contributed by atoms with Gasteiger partial charge >= 0.3 is 11.6 Å². The number of rotatable bonds is 4. The number of hydrogen-bond donors (Lipinski definition) is 3. The van der Waals surface area contributed by atoms with Crippen LogP contribution in [-0.4, -0.2) is 51.0 Å². The number of aliphatic hydroxyl groups excluding tert-OH is 2. The van der Waals surface area contributed by atoms with Crippen molar-refractivity contribution >= 4 is 5.82 Å². The van der Waals surface area contributed by atoms with Gasteiger partial charge in [-0.05, 0) is 13.0 Å². The predicted molar refractivity (Wildman–Crippen MR) is 64.6 cm³/mol. The van der Waals surface area contributed by atoms with Crippen LogP contribution in [0.3, 0.4) is 0 Å². The predicted octanol–water partition coefficient (Wildman–Crippen LogP) is -0.439. The molecule has 0 bridgehead atoms. The van der Waals surface area contributed by atoms with E-state index in [0.717, 1.165) is 6.20 Å². The lowest BCUT2D eigenvalue weighted by Crippen LogP contribution is -2.41. The molecule has 0 amide bonds. The first-order valence-electron chi connectivity index (χ1n) is 6.07. The number of hydrogen-bond acceptors (Lipinski definition) is 6. The van der Waals surface area contributed by atoms with Crippen LogP contribution in [0.4, 0.5) is 14.6 Å². The number of alkyl halides is 2. The van der Waals surface area contributed by atoms with Gasteiger partial charge in [-0.3, -0.25) is 4.57 Å². The zero-order chi connectivity index (χ0) is 14.9. The van der Waals surface area contributed by atoms with Crippen LogP contribution in [0.1, 0.15) is 13.2 Å².